The van der Waals surface area contributed by atoms with Crippen molar-refractivity contribution >= 4 is 32.1 Å². The summed E-state index contributed by atoms with van der Waals surface area (Å²) in [6, 6.07) is 5.98. The first-order valence-electron chi connectivity index (χ1n) is 3.51. The third-order valence-electron chi connectivity index (χ3n) is 1.49. The number of nitro benzene ring substituents is 1. The molecule has 0 aliphatic carbocycles. The minimum atomic E-state index is -0.463. The molecule has 1 aromatic carbocycles. The molecule has 0 saturated heterocycles. The van der Waals surface area contributed by atoms with Gasteiger partial charge < -0.3 is 0 Å². The molecular formula is C8H6INO3. The molecule has 13 heavy (non-hydrogen) atoms. The van der Waals surface area contributed by atoms with Gasteiger partial charge in [0.1, 0.15) is 0 Å². The average molecular weight is 291 g/mol. The number of hydrogen-bond acceptors (Lipinski definition) is 3. The van der Waals surface area contributed by atoms with Crippen molar-refractivity contribution in [1.82, 2.24) is 0 Å². The van der Waals surface area contributed by atoms with E-state index in [1.807, 2.05) is 0 Å². The van der Waals surface area contributed by atoms with Gasteiger partial charge in [-0.15, -0.1) is 0 Å². The number of benzene rings is 1. The third-order valence-corrected chi connectivity index (χ3v) is 1.87. The predicted molar refractivity (Wildman–Crippen MR) is 55.8 cm³/mol. The van der Waals surface area contributed by atoms with Gasteiger partial charge in [0.05, 0.1) is 4.92 Å². The number of hydrogen-bond donors (Lipinski definition) is 0. The van der Waals surface area contributed by atoms with Gasteiger partial charge in [0.2, 0.25) is 0 Å². The highest BCUT2D eigenvalue weighted by Gasteiger charge is 2.04. The topological polar surface area (TPSA) is 60.2 Å². The monoisotopic (exact) mass is 291 g/mol. The average Bonchev–Trinajstić information content (AvgIpc) is 2.04. The van der Waals surface area contributed by atoms with Gasteiger partial charge in [-0.3, -0.25) is 14.9 Å². The van der Waals surface area contributed by atoms with Gasteiger partial charge >= 0.3 is 0 Å². The first-order chi connectivity index (χ1) is 6.09. The molecule has 0 aliphatic rings. The summed E-state index contributed by atoms with van der Waals surface area (Å²) in [7, 11) is 0. The Morgan fingerprint density at radius 2 is 1.92 bits per heavy atom. The third kappa shape index (κ3) is 3.10. The van der Waals surface area contributed by atoms with Crippen LogP contribution >= 0.6 is 22.6 Å². The molecule has 68 valence electrons. The van der Waals surface area contributed by atoms with Crippen molar-refractivity contribution in [1.29, 1.82) is 0 Å². The molecule has 0 aliphatic heterocycles. The van der Waals surface area contributed by atoms with Crippen molar-refractivity contribution < 1.29 is 9.72 Å². The van der Waals surface area contributed by atoms with E-state index in [1.54, 1.807) is 34.7 Å². The zero-order chi connectivity index (χ0) is 9.84. The molecule has 0 amide bonds. The molecule has 0 N–H and O–H groups in total. The lowest BCUT2D eigenvalue weighted by molar-refractivity contribution is -0.384. The SMILES string of the molecule is O=C(I)Cc1ccc([N+](=O)[O-])cc1. The van der Waals surface area contributed by atoms with Crippen LogP contribution in [0.15, 0.2) is 24.3 Å². The zero-order valence-corrected chi connectivity index (χ0v) is 8.72. The van der Waals surface area contributed by atoms with Crippen LogP contribution in [0, 0.1) is 10.1 Å². The second kappa shape index (κ2) is 4.31. The maximum Gasteiger partial charge on any atom is 0.269 e. The Kier molecular flexibility index (Phi) is 3.35. The molecule has 1 aromatic rings. The summed E-state index contributed by atoms with van der Waals surface area (Å²) in [5.74, 6) is 0. The second-order valence-corrected chi connectivity index (χ2v) is 3.66. The van der Waals surface area contributed by atoms with Crippen LogP contribution in [-0.4, -0.2) is 8.71 Å². The normalized spacial score (nSPS) is 9.62. The van der Waals surface area contributed by atoms with Gasteiger partial charge in [-0.2, -0.15) is 0 Å². The summed E-state index contributed by atoms with van der Waals surface area (Å²) in [5.41, 5.74) is 0.842. The van der Waals surface area contributed by atoms with E-state index in [4.69, 9.17) is 0 Å². The number of halogens is 1. The van der Waals surface area contributed by atoms with Crippen LogP contribution in [0.4, 0.5) is 5.69 Å². The van der Waals surface area contributed by atoms with Crippen LogP contribution in [0.1, 0.15) is 5.56 Å². The van der Waals surface area contributed by atoms with E-state index in [0.29, 0.717) is 6.42 Å². The smallest absolute Gasteiger partial charge is 0.269 e. The van der Waals surface area contributed by atoms with E-state index < -0.39 is 4.92 Å². The molecule has 4 nitrogen and oxygen atoms in total. The number of rotatable bonds is 3. The number of non-ortho nitro benzene ring substituents is 1. The van der Waals surface area contributed by atoms with Crippen LogP contribution in [0.3, 0.4) is 0 Å². The Bertz CT molecular complexity index is 334. The number of carbonyl (C=O) groups excluding carboxylic acids is 1. The Morgan fingerprint density at radius 1 is 1.38 bits per heavy atom. The van der Waals surface area contributed by atoms with E-state index in [1.165, 1.54) is 12.1 Å². The summed E-state index contributed by atoms with van der Waals surface area (Å²) in [4.78, 5) is 20.5. The molecule has 0 atom stereocenters. The van der Waals surface area contributed by atoms with Crippen molar-refractivity contribution in [2.75, 3.05) is 0 Å². The molecule has 1 rings (SSSR count). The first kappa shape index (κ1) is 10.1. The first-order valence-corrected chi connectivity index (χ1v) is 4.59. The highest BCUT2D eigenvalue weighted by Crippen LogP contribution is 2.12. The fraction of sp³-hybridized carbons (Fsp3) is 0.125. The van der Waals surface area contributed by atoms with Crippen molar-refractivity contribution in [2.45, 2.75) is 6.42 Å². The van der Waals surface area contributed by atoms with E-state index in [0.717, 1.165) is 5.56 Å². The summed E-state index contributed by atoms with van der Waals surface area (Å²) < 4.78 is 0.0199. The molecule has 0 heterocycles. The van der Waals surface area contributed by atoms with Crippen molar-refractivity contribution in [3.05, 3.63) is 39.9 Å². The number of carbonyl (C=O) groups is 1. The lowest BCUT2D eigenvalue weighted by Gasteiger charge is -1.95. The molecule has 0 fully saturated rings. The van der Waals surface area contributed by atoms with Crippen LogP contribution in [0.5, 0.6) is 0 Å². The predicted octanol–water partition coefficient (Wildman–Crippen LogP) is 2.10. The summed E-state index contributed by atoms with van der Waals surface area (Å²) in [6.45, 7) is 0. The molecular weight excluding hydrogens is 285 g/mol. The quantitative estimate of drug-likeness (QED) is 0.371. The van der Waals surface area contributed by atoms with Crippen molar-refractivity contribution in [2.24, 2.45) is 0 Å². The molecule has 5 heteroatoms. The molecule has 0 unspecified atom stereocenters. The maximum absolute atomic E-state index is 10.7. The van der Waals surface area contributed by atoms with Gasteiger partial charge in [0.15, 0.2) is 3.79 Å². The number of nitrogens with zero attached hydrogens (tertiary/aromatic N) is 1. The Balaban J connectivity index is 2.81. The van der Waals surface area contributed by atoms with Crippen LogP contribution in [0.2, 0.25) is 0 Å². The minimum Gasteiger partial charge on any atom is -0.287 e. The Hall–Kier alpha value is -0.980. The molecule has 0 radical (unpaired) electrons. The standard InChI is InChI=1S/C8H6INO3/c9-8(11)5-6-1-3-7(4-2-6)10(12)13/h1-4H,5H2. The molecule has 0 aromatic heterocycles. The Morgan fingerprint density at radius 3 is 2.31 bits per heavy atom. The largest absolute Gasteiger partial charge is 0.287 e. The lowest BCUT2D eigenvalue weighted by Crippen LogP contribution is -1.93. The van der Waals surface area contributed by atoms with Crippen molar-refractivity contribution in [3.8, 4) is 0 Å². The van der Waals surface area contributed by atoms with Gasteiger partial charge in [-0.25, -0.2) is 0 Å². The minimum absolute atomic E-state index is 0.0199. The molecule has 0 bridgehead atoms. The van der Waals surface area contributed by atoms with Crippen LogP contribution in [-0.2, 0) is 11.2 Å². The fourth-order valence-corrected chi connectivity index (χ4v) is 1.34. The van der Waals surface area contributed by atoms with Gasteiger partial charge in [-0.05, 0) is 28.2 Å². The van der Waals surface area contributed by atoms with Gasteiger partial charge in [0.25, 0.3) is 5.69 Å². The summed E-state index contributed by atoms with van der Waals surface area (Å²) >= 11 is 1.70. The zero-order valence-electron chi connectivity index (χ0n) is 6.57. The van der Waals surface area contributed by atoms with Gasteiger partial charge in [0, 0.05) is 18.6 Å². The van der Waals surface area contributed by atoms with Crippen molar-refractivity contribution in [3.63, 3.8) is 0 Å². The van der Waals surface area contributed by atoms with E-state index in [9.17, 15) is 14.9 Å². The highest BCUT2D eigenvalue weighted by molar-refractivity contribution is 14.1. The Labute approximate surface area is 88.2 Å². The summed E-state index contributed by atoms with van der Waals surface area (Å²) in [6.07, 6.45) is 0.318. The summed E-state index contributed by atoms with van der Waals surface area (Å²) in [5, 5.41) is 10.3. The van der Waals surface area contributed by atoms with E-state index in [2.05, 4.69) is 0 Å². The molecule has 0 spiro atoms. The van der Waals surface area contributed by atoms with E-state index >= 15 is 0 Å². The van der Waals surface area contributed by atoms with Gasteiger partial charge in [-0.1, -0.05) is 12.1 Å². The second-order valence-electron chi connectivity index (χ2n) is 2.46. The van der Waals surface area contributed by atoms with Crippen LogP contribution in [0.25, 0.3) is 0 Å². The maximum atomic E-state index is 10.7. The highest BCUT2D eigenvalue weighted by atomic mass is 127. The lowest BCUT2D eigenvalue weighted by atomic mass is 10.1. The van der Waals surface area contributed by atoms with E-state index in [-0.39, 0.29) is 9.48 Å². The van der Waals surface area contributed by atoms with Crippen LogP contribution < -0.4 is 0 Å². The fourth-order valence-electron chi connectivity index (χ4n) is 0.896. The number of nitro groups is 1. The molecule has 0 saturated carbocycles.